The maximum Gasteiger partial charge on any atom is 0.182 e. The monoisotopic (exact) mass is 240 g/mol. The van der Waals surface area contributed by atoms with Gasteiger partial charge in [-0.2, -0.15) is 0 Å². The average molecular weight is 240 g/mol. The standard InChI is InChI=1S/C15H28O2/c1-12-8-5-3-2-4-6-10-13(11-7-9-12)14-15(16)17-14/h12-16H,2-11H2,1H3. The van der Waals surface area contributed by atoms with Crippen molar-refractivity contribution in [3.8, 4) is 0 Å². The van der Waals surface area contributed by atoms with Crippen LogP contribution in [0, 0.1) is 11.8 Å². The largest absolute Gasteiger partial charge is 0.366 e. The Morgan fingerprint density at radius 3 is 2.06 bits per heavy atom. The third kappa shape index (κ3) is 4.59. The van der Waals surface area contributed by atoms with Crippen LogP contribution in [0.2, 0.25) is 0 Å². The van der Waals surface area contributed by atoms with E-state index in [0.29, 0.717) is 5.92 Å². The van der Waals surface area contributed by atoms with Crippen LogP contribution in [-0.2, 0) is 4.74 Å². The van der Waals surface area contributed by atoms with Gasteiger partial charge in [-0.3, -0.25) is 0 Å². The van der Waals surface area contributed by atoms with Crippen LogP contribution in [0.5, 0.6) is 0 Å². The summed E-state index contributed by atoms with van der Waals surface area (Å²) in [4.78, 5) is 0. The van der Waals surface area contributed by atoms with Crippen molar-refractivity contribution in [3.05, 3.63) is 0 Å². The van der Waals surface area contributed by atoms with Crippen LogP contribution < -0.4 is 0 Å². The van der Waals surface area contributed by atoms with Crippen LogP contribution in [0.25, 0.3) is 0 Å². The molecule has 1 saturated carbocycles. The molecule has 1 aliphatic carbocycles. The molecule has 0 aromatic heterocycles. The summed E-state index contributed by atoms with van der Waals surface area (Å²) in [7, 11) is 0. The third-order valence-electron chi connectivity index (χ3n) is 4.51. The zero-order valence-corrected chi connectivity index (χ0v) is 11.2. The summed E-state index contributed by atoms with van der Waals surface area (Å²) < 4.78 is 5.26. The van der Waals surface area contributed by atoms with E-state index in [4.69, 9.17) is 4.74 Å². The van der Waals surface area contributed by atoms with Crippen molar-refractivity contribution in [2.24, 2.45) is 11.8 Å². The first kappa shape index (κ1) is 13.4. The maximum absolute atomic E-state index is 9.40. The molecule has 0 radical (unpaired) electrons. The van der Waals surface area contributed by atoms with Gasteiger partial charge >= 0.3 is 0 Å². The molecule has 1 aliphatic heterocycles. The quantitative estimate of drug-likeness (QED) is 0.706. The van der Waals surface area contributed by atoms with Crippen LogP contribution in [0.1, 0.15) is 71.1 Å². The summed E-state index contributed by atoms with van der Waals surface area (Å²) in [6, 6.07) is 0. The molecule has 0 bridgehead atoms. The molecule has 2 aliphatic rings. The number of aliphatic hydroxyl groups excluding tert-OH is 1. The number of ether oxygens (including phenoxy) is 1. The molecule has 1 heterocycles. The molecule has 0 aromatic rings. The van der Waals surface area contributed by atoms with Crippen molar-refractivity contribution >= 4 is 0 Å². The Morgan fingerprint density at radius 1 is 0.824 bits per heavy atom. The second kappa shape index (κ2) is 6.75. The SMILES string of the molecule is CC1CCCCCCCC(C2OC2O)CCC1. The lowest BCUT2D eigenvalue weighted by Crippen LogP contribution is -2.12. The molecule has 4 unspecified atom stereocenters. The highest BCUT2D eigenvalue weighted by molar-refractivity contribution is 4.83. The summed E-state index contributed by atoms with van der Waals surface area (Å²) in [6.45, 7) is 2.39. The van der Waals surface area contributed by atoms with E-state index in [-0.39, 0.29) is 6.10 Å². The van der Waals surface area contributed by atoms with Gasteiger partial charge in [-0.15, -0.1) is 0 Å². The fourth-order valence-electron chi connectivity index (χ4n) is 3.23. The lowest BCUT2D eigenvalue weighted by molar-refractivity contribution is 0.155. The molecule has 1 N–H and O–H groups in total. The first-order valence-electron chi connectivity index (χ1n) is 7.61. The number of hydrogen-bond donors (Lipinski definition) is 1. The number of epoxide rings is 1. The van der Waals surface area contributed by atoms with Crippen molar-refractivity contribution in [1.82, 2.24) is 0 Å². The summed E-state index contributed by atoms with van der Waals surface area (Å²) in [5.41, 5.74) is 0. The molecule has 2 heteroatoms. The number of aliphatic hydroxyl groups is 1. The first-order chi connectivity index (χ1) is 8.27. The van der Waals surface area contributed by atoms with Gasteiger partial charge in [0.15, 0.2) is 6.29 Å². The highest BCUT2D eigenvalue weighted by Crippen LogP contribution is 2.35. The number of rotatable bonds is 1. The lowest BCUT2D eigenvalue weighted by atomic mass is 9.88. The van der Waals surface area contributed by atoms with E-state index < -0.39 is 6.29 Å². The highest BCUT2D eigenvalue weighted by Gasteiger charge is 2.42. The van der Waals surface area contributed by atoms with Gasteiger partial charge in [0.05, 0.1) is 0 Å². The van der Waals surface area contributed by atoms with Gasteiger partial charge in [0.25, 0.3) is 0 Å². The van der Waals surface area contributed by atoms with Crippen LogP contribution in [0.4, 0.5) is 0 Å². The van der Waals surface area contributed by atoms with E-state index in [0.717, 1.165) is 5.92 Å². The predicted molar refractivity (Wildman–Crippen MR) is 69.7 cm³/mol. The van der Waals surface area contributed by atoms with Crippen molar-refractivity contribution in [2.45, 2.75) is 83.5 Å². The second-order valence-electron chi connectivity index (χ2n) is 6.13. The summed E-state index contributed by atoms with van der Waals surface area (Å²) in [5.74, 6) is 1.51. The summed E-state index contributed by atoms with van der Waals surface area (Å²) in [6.07, 6.45) is 13.3. The van der Waals surface area contributed by atoms with E-state index in [1.807, 2.05) is 0 Å². The molecular weight excluding hydrogens is 212 g/mol. The zero-order chi connectivity index (χ0) is 12.1. The molecule has 0 aromatic carbocycles. The molecule has 2 fully saturated rings. The van der Waals surface area contributed by atoms with E-state index in [9.17, 15) is 5.11 Å². The van der Waals surface area contributed by atoms with E-state index in [1.165, 1.54) is 64.2 Å². The lowest BCUT2D eigenvalue weighted by Gasteiger charge is -2.17. The molecule has 17 heavy (non-hydrogen) atoms. The predicted octanol–water partition coefficient (Wildman–Crippen LogP) is 3.87. The molecule has 100 valence electrons. The van der Waals surface area contributed by atoms with Gasteiger partial charge in [-0.1, -0.05) is 58.3 Å². The molecule has 1 saturated heterocycles. The molecular formula is C15H28O2. The molecule has 4 atom stereocenters. The van der Waals surface area contributed by atoms with Gasteiger partial charge in [0.1, 0.15) is 6.10 Å². The van der Waals surface area contributed by atoms with Crippen molar-refractivity contribution in [1.29, 1.82) is 0 Å². The van der Waals surface area contributed by atoms with E-state index >= 15 is 0 Å². The zero-order valence-electron chi connectivity index (χ0n) is 11.2. The fourth-order valence-corrected chi connectivity index (χ4v) is 3.23. The van der Waals surface area contributed by atoms with Gasteiger partial charge in [-0.05, 0) is 24.7 Å². The molecule has 2 nitrogen and oxygen atoms in total. The van der Waals surface area contributed by atoms with E-state index in [2.05, 4.69) is 6.92 Å². The Bertz CT molecular complexity index is 217. The molecule has 2 rings (SSSR count). The molecule has 0 spiro atoms. The van der Waals surface area contributed by atoms with Crippen LogP contribution in [-0.4, -0.2) is 17.5 Å². The van der Waals surface area contributed by atoms with Crippen molar-refractivity contribution < 1.29 is 9.84 Å². The Hall–Kier alpha value is -0.0800. The average Bonchev–Trinajstić information content (AvgIpc) is 3.00. The smallest absolute Gasteiger partial charge is 0.182 e. The van der Waals surface area contributed by atoms with Gasteiger partial charge < -0.3 is 9.84 Å². The summed E-state index contributed by atoms with van der Waals surface area (Å²) in [5, 5.41) is 9.40. The van der Waals surface area contributed by atoms with Crippen LogP contribution >= 0.6 is 0 Å². The Kier molecular flexibility index (Phi) is 5.30. The first-order valence-corrected chi connectivity index (χ1v) is 7.61. The van der Waals surface area contributed by atoms with Gasteiger partial charge in [-0.25, -0.2) is 0 Å². The minimum absolute atomic E-state index is 0.174. The normalized spacial score (nSPS) is 41.3. The minimum atomic E-state index is -0.440. The fraction of sp³-hybridized carbons (Fsp3) is 1.00. The van der Waals surface area contributed by atoms with Crippen molar-refractivity contribution in [3.63, 3.8) is 0 Å². The second-order valence-corrected chi connectivity index (χ2v) is 6.13. The van der Waals surface area contributed by atoms with Crippen molar-refractivity contribution in [2.75, 3.05) is 0 Å². The van der Waals surface area contributed by atoms with Crippen LogP contribution in [0.15, 0.2) is 0 Å². The van der Waals surface area contributed by atoms with Gasteiger partial charge in [0, 0.05) is 0 Å². The molecule has 0 amide bonds. The number of hydrogen-bond acceptors (Lipinski definition) is 2. The summed E-state index contributed by atoms with van der Waals surface area (Å²) >= 11 is 0. The Balaban J connectivity index is 1.76. The van der Waals surface area contributed by atoms with Crippen LogP contribution in [0.3, 0.4) is 0 Å². The van der Waals surface area contributed by atoms with E-state index in [1.54, 1.807) is 0 Å². The minimum Gasteiger partial charge on any atom is -0.366 e. The topological polar surface area (TPSA) is 32.8 Å². The Labute approximate surface area is 106 Å². The third-order valence-corrected chi connectivity index (χ3v) is 4.51. The maximum atomic E-state index is 9.40. The van der Waals surface area contributed by atoms with Gasteiger partial charge in [0.2, 0.25) is 0 Å². The Morgan fingerprint density at radius 2 is 1.35 bits per heavy atom. The highest BCUT2D eigenvalue weighted by atomic mass is 16.7.